The summed E-state index contributed by atoms with van der Waals surface area (Å²) in [6, 6.07) is 18.4. The van der Waals surface area contributed by atoms with Gasteiger partial charge in [-0.05, 0) is 25.1 Å². The Kier molecular flexibility index (Phi) is 4.73. The third kappa shape index (κ3) is 3.41. The molecule has 22 heavy (non-hydrogen) atoms. The van der Waals surface area contributed by atoms with Crippen molar-refractivity contribution in [3.63, 3.8) is 0 Å². The standard InChI is InChI=1S/C16H14N2.C2H4O2/c1-12(17)15-11-18(13-7-3-2-4-8-13)16-10-6-5-9-14(15)16;1-2(3)4/h2-11,17H,1H3;1H3,(H,3,4). The van der Waals surface area contributed by atoms with E-state index >= 15 is 0 Å². The average Bonchev–Trinajstić information content (AvgIpc) is 2.87. The van der Waals surface area contributed by atoms with Gasteiger partial charge in [-0.15, -0.1) is 0 Å². The van der Waals surface area contributed by atoms with Crippen LogP contribution in [0, 0.1) is 5.41 Å². The second-order valence-electron chi connectivity index (χ2n) is 4.91. The molecule has 0 aliphatic heterocycles. The zero-order valence-corrected chi connectivity index (χ0v) is 12.6. The first-order chi connectivity index (χ1) is 10.5. The van der Waals surface area contributed by atoms with Crippen molar-refractivity contribution in [1.29, 1.82) is 5.41 Å². The van der Waals surface area contributed by atoms with Gasteiger partial charge in [0.2, 0.25) is 0 Å². The lowest BCUT2D eigenvalue weighted by Gasteiger charge is -2.04. The minimum atomic E-state index is -0.833. The lowest BCUT2D eigenvalue weighted by molar-refractivity contribution is -0.134. The molecular weight excluding hydrogens is 276 g/mol. The molecule has 4 nitrogen and oxygen atoms in total. The molecule has 0 bridgehead atoms. The van der Waals surface area contributed by atoms with Crippen molar-refractivity contribution in [3.8, 4) is 5.69 Å². The Morgan fingerprint density at radius 1 is 1.00 bits per heavy atom. The highest BCUT2D eigenvalue weighted by molar-refractivity contribution is 6.08. The number of nitrogens with one attached hydrogen (secondary N) is 1. The van der Waals surface area contributed by atoms with E-state index in [2.05, 4.69) is 28.8 Å². The first-order valence-corrected chi connectivity index (χ1v) is 6.91. The van der Waals surface area contributed by atoms with Crippen LogP contribution in [0.5, 0.6) is 0 Å². The summed E-state index contributed by atoms with van der Waals surface area (Å²) in [5.41, 5.74) is 3.86. The highest BCUT2D eigenvalue weighted by Crippen LogP contribution is 2.24. The average molecular weight is 294 g/mol. The smallest absolute Gasteiger partial charge is 0.300 e. The van der Waals surface area contributed by atoms with E-state index in [0.29, 0.717) is 5.71 Å². The second-order valence-corrected chi connectivity index (χ2v) is 4.91. The van der Waals surface area contributed by atoms with E-state index in [0.717, 1.165) is 29.1 Å². The van der Waals surface area contributed by atoms with Crippen LogP contribution in [0.25, 0.3) is 16.6 Å². The Morgan fingerprint density at radius 2 is 1.55 bits per heavy atom. The summed E-state index contributed by atoms with van der Waals surface area (Å²) < 4.78 is 2.14. The molecule has 0 atom stereocenters. The van der Waals surface area contributed by atoms with Crippen molar-refractivity contribution in [2.24, 2.45) is 0 Å². The molecule has 1 aromatic heterocycles. The van der Waals surface area contributed by atoms with Gasteiger partial charge in [0.15, 0.2) is 0 Å². The number of hydrogen-bond acceptors (Lipinski definition) is 2. The number of aromatic nitrogens is 1. The molecule has 2 aromatic carbocycles. The van der Waals surface area contributed by atoms with Gasteiger partial charge in [0.25, 0.3) is 5.97 Å². The van der Waals surface area contributed by atoms with Crippen LogP contribution in [-0.4, -0.2) is 21.4 Å². The lowest BCUT2D eigenvalue weighted by Crippen LogP contribution is -1.92. The van der Waals surface area contributed by atoms with Crippen molar-refractivity contribution in [1.82, 2.24) is 4.57 Å². The maximum Gasteiger partial charge on any atom is 0.300 e. The van der Waals surface area contributed by atoms with Gasteiger partial charge in [-0.1, -0.05) is 36.4 Å². The molecule has 3 aromatic rings. The number of aliphatic carboxylic acids is 1. The summed E-state index contributed by atoms with van der Waals surface area (Å²) in [7, 11) is 0. The zero-order chi connectivity index (χ0) is 16.1. The van der Waals surface area contributed by atoms with Crippen LogP contribution < -0.4 is 0 Å². The van der Waals surface area contributed by atoms with Gasteiger partial charge in [0.1, 0.15) is 0 Å². The second kappa shape index (κ2) is 6.72. The quantitative estimate of drug-likeness (QED) is 0.698. The normalized spacial score (nSPS) is 9.91. The molecule has 0 amide bonds. The van der Waals surface area contributed by atoms with Gasteiger partial charge < -0.3 is 15.1 Å². The van der Waals surface area contributed by atoms with Crippen LogP contribution in [0.1, 0.15) is 19.4 Å². The minimum Gasteiger partial charge on any atom is -0.481 e. The summed E-state index contributed by atoms with van der Waals surface area (Å²) in [6.45, 7) is 2.91. The predicted molar refractivity (Wildman–Crippen MR) is 89.1 cm³/mol. The Balaban J connectivity index is 0.000000396. The molecule has 1 heterocycles. The third-order valence-electron chi connectivity index (χ3n) is 3.15. The van der Waals surface area contributed by atoms with Crippen LogP contribution in [0.4, 0.5) is 0 Å². The number of benzene rings is 2. The maximum absolute atomic E-state index is 9.00. The van der Waals surface area contributed by atoms with E-state index in [-0.39, 0.29) is 0 Å². The molecule has 0 aliphatic carbocycles. The Labute approximate surface area is 129 Å². The van der Waals surface area contributed by atoms with E-state index in [4.69, 9.17) is 15.3 Å². The first kappa shape index (κ1) is 15.5. The zero-order valence-electron chi connectivity index (χ0n) is 12.6. The Morgan fingerprint density at radius 3 is 2.14 bits per heavy atom. The molecule has 0 saturated carbocycles. The fourth-order valence-corrected chi connectivity index (χ4v) is 2.28. The highest BCUT2D eigenvalue weighted by Gasteiger charge is 2.09. The largest absolute Gasteiger partial charge is 0.481 e. The van der Waals surface area contributed by atoms with Crippen LogP contribution in [-0.2, 0) is 4.79 Å². The van der Waals surface area contributed by atoms with Gasteiger partial charge >= 0.3 is 0 Å². The number of fused-ring (bicyclic) bond motifs is 1. The van der Waals surface area contributed by atoms with Crippen LogP contribution >= 0.6 is 0 Å². The van der Waals surface area contributed by atoms with Gasteiger partial charge in [0.05, 0.1) is 5.52 Å². The van der Waals surface area contributed by atoms with Crippen molar-refractivity contribution in [2.45, 2.75) is 13.8 Å². The molecule has 3 rings (SSSR count). The Bertz CT molecular complexity index is 800. The van der Waals surface area contributed by atoms with Gasteiger partial charge in [-0.25, -0.2) is 0 Å². The van der Waals surface area contributed by atoms with Crippen molar-refractivity contribution in [2.75, 3.05) is 0 Å². The number of carboxylic acids is 1. The van der Waals surface area contributed by atoms with E-state index in [9.17, 15) is 0 Å². The first-order valence-electron chi connectivity index (χ1n) is 6.91. The van der Waals surface area contributed by atoms with Crippen molar-refractivity contribution >= 4 is 22.6 Å². The number of nitrogens with zero attached hydrogens (tertiary/aromatic N) is 1. The van der Waals surface area contributed by atoms with E-state index < -0.39 is 5.97 Å². The lowest BCUT2D eigenvalue weighted by atomic mass is 10.1. The maximum atomic E-state index is 9.00. The number of carbonyl (C=O) groups is 1. The van der Waals surface area contributed by atoms with Crippen molar-refractivity contribution in [3.05, 3.63) is 66.4 Å². The monoisotopic (exact) mass is 294 g/mol. The fourth-order valence-electron chi connectivity index (χ4n) is 2.28. The number of hydrogen-bond donors (Lipinski definition) is 2. The molecule has 2 N–H and O–H groups in total. The van der Waals surface area contributed by atoms with Gasteiger partial charge in [-0.3, -0.25) is 4.79 Å². The predicted octanol–water partition coefficient (Wildman–Crippen LogP) is 4.11. The third-order valence-corrected chi connectivity index (χ3v) is 3.15. The van der Waals surface area contributed by atoms with Crippen LogP contribution in [0.15, 0.2) is 60.8 Å². The summed E-state index contributed by atoms with van der Waals surface area (Å²) >= 11 is 0. The highest BCUT2D eigenvalue weighted by atomic mass is 16.4. The molecule has 0 radical (unpaired) electrons. The summed E-state index contributed by atoms with van der Waals surface area (Å²) in [4.78, 5) is 9.00. The Hall–Kier alpha value is -2.88. The van der Waals surface area contributed by atoms with E-state index in [1.54, 1.807) is 0 Å². The van der Waals surface area contributed by atoms with Crippen molar-refractivity contribution < 1.29 is 9.90 Å². The summed E-state index contributed by atoms with van der Waals surface area (Å²) in [5, 5.41) is 16.4. The SMILES string of the molecule is CC(=N)c1cn(-c2ccccc2)c2ccccc12.CC(=O)O. The van der Waals surface area contributed by atoms with E-state index in [1.165, 1.54) is 0 Å². The van der Waals surface area contributed by atoms with Gasteiger partial charge in [0, 0.05) is 35.5 Å². The molecule has 0 spiro atoms. The van der Waals surface area contributed by atoms with Crippen LogP contribution in [0.3, 0.4) is 0 Å². The molecule has 0 fully saturated rings. The molecule has 0 unspecified atom stereocenters. The minimum absolute atomic E-state index is 0.598. The molecule has 0 saturated heterocycles. The van der Waals surface area contributed by atoms with Gasteiger partial charge in [-0.2, -0.15) is 0 Å². The molecule has 112 valence electrons. The van der Waals surface area contributed by atoms with E-state index in [1.807, 2.05) is 43.5 Å². The number of rotatable bonds is 2. The summed E-state index contributed by atoms with van der Waals surface area (Å²) in [6.07, 6.45) is 2.04. The van der Waals surface area contributed by atoms with Crippen LogP contribution in [0.2, 0.25) is 0 Å². The molecular formula is C18H18N2O2. The number of carboxylic acid groups (broad SMARTS) is 1. The fraction of sp³-hybridized carbons (Fsp3) is 0.111. The molecule has 0 aliphatic rings. The topological polar surface area (TPSA) is 66.1 Å². The molecule has 4 heteroatoms. The number of para-hydroxylation sites is 2. The summed E-state index contributed by atoms with van der Waals surface area (Å²) in [5.74, 6) is -0.833.